The molecule has 76 valence electrons. The molecule has 0 N–H and O–H groups in total. The van der Waals surface area contributed by atoms with Crippen LogP contribution in [0.4, 0.5) is 0 Å². The molecule has 1 aliphatic carbocycles. The number of benzene rings is 1. The highest BCUT2D eigenvalue weighted by Crippen LogP contribution is 2.58. The van der Waals surface area contributed by atoms with Gasteiger partial charge in [-0.2, -0.15) is 0 Å². The van der Waals surface area contributed by atoms with E-state index >= 15 is 0 Å². The molecule has 1 aromatic carbocycles. The fourth-order valence-corrected chi connectivity index (χ4v) is 3.23. The van der Waals surface area contributed by atoms with Gasteiger partial charge in [0.1, 0.15) is 11.7 Å². The van der Waals surface area contributed by atoms with Gasteiger partial charge in [0, 0.05) is 0 Å². The van der Waals surface area contributed by atoms with Crippen LogP contribution in [0.25, 0.3) is 0 Å². The molecule has 1 saturated carbocycles. The molecule has 15 heavy (non-hydrogen) atoms. The van der Waals surface area contributed by atoms with E-state index in [1.54, 1.807) is 0 Å². The van der Waals surface area contributed by atoms with E-state index in [2.05, 4.69) is 36.4 Å². The van der Waals surface area contributed by atoms with E-state index in [4.69, 9.17) is 4.74 Å². The summed E-state index contributed by atoms with van der Waals surface area (Å²) in [5, 5.41) is 0. The Balaban J connectivity index is 1.91. The van der Waals surface area contributed by atoms with Gasteiger partial charge in [0.15, 0.2) is 0 Å². The largest absolute Gasteiger partial charge is 0.354 e. The van der Waals surface area contributed by atoms with Gasteiger partial charge in [-0.3, -0.25) is 0 Å². The van der Waals surface area contributed by atoms with Crippen LogP contribution in [0, 0.1) is 5.92 Å². The number of hydrogen-bond acceptors (Lipinski definition) is 1. The average molecular weight is 198 g/mol. The van der Waals surface area contributed by atoms with Crippen molar-refractivity contribution in [3.8, 4) is 0 Å². The van der Waals surface area contributed by atoms with Crippen LogP contribution in [0.1, 0.15) is 36.5 Å². The minimum atomic E-state index is -0.0422. The van der Waals surface area contributed by atoms with Gasteiger partial charge in [0.05, 0.1) is 0 Å². The van der Waals surface area contributed by atoms with Crippen molar-refractivity contribution >= 4 is 0 Å². The van der Waals surface area contributed by atoms with Crippen molar-refractivity contribution in [1.29, 1.82) is 0 Å². The Kier molecular flexibility index (Phi) is 1.37. The molecule has 1 fully saturated rings. The van der Waals surface area contributed by atoms with Crippen molar-refractivity contribution < 1.29 is 4.74 Å². The molecule has 1 heteroatoms. The van der Waals surface area contributed by atoms with Gasteiger partial charge in [0.2, 0.25) is 0 Å². The maximum atomic E-state index is 6.22. The molecule has 2 bridgehead atoms. The Bertz CT molecular complexity index is 444. The topological polar surface area (TPSA) is 9.23 Å². The lowest BCUT2D eigenvalue weighted by Gasteiger charge is -2.39. The first-order valence-electron chi connectivity index (χ1n) is 5.87. The zero-order valence-corrected chi connectivity index (χ0v) is 8.65. The van der Waals surface area contributed by atoms with Crippen molar-refractivity contribution in [2.24, 2.45) is 5.92 Å². The van der Waals surface area contributed by atoms with Gasteiger partial charge in [-0.25, -0.2) is 0 Å². The van der Waals surface area contributed by atoms with E-state index < -0.39 is 0 Å². The summed E-state index contributed by atoms with van der Waals surface area (Å²) in [6, 6.07) is 8.71. The maximum Gasteiger partial charge on any atom is 0.116 e. The van der Waals surface area contributed by atoms with Gasteiger partial charge < -0.3 is 4.74 Å². The molecule has 0 radical (unpaired) electrons. The predicted molar refractivity (Wildman–Crippen MR) is 58.4 cm³/mol. The lowest BCUT2D eigenvalue weighted by atomic mass is 9.68. The maximum absolute atomic E-state index is 6.22. The second-order valence-corrected chi connectivity index (χ2v) is 4.91. The van der Waals surface area contributed by atoms with Gasteiger partial charge in [-0.1, -0.05) is 36.8 Å². The molecule has 2 aliphatic heterocycles. The predicted octanol–water partition coefficient (Wildman–Crippen LogP) is 3.32. The second kappa shape index (κ2) is 2.53. The summed E-state index contributed by atoms with van der Waals surface area (Å²) < 4.78 is 6.22. The van der Waals surface area contributed by atoms with Gasteiger partial charge >= 0.3 is 0 Å². The van der Waals surface area contributed by atoms with Gasteiger partial charge in [-0.15, -0.1) is 0 Å². The quantitative estimate of drug-likeness (QED) is 0.629. The van der Waals surface area contributed by atoms with E-state index in [1.807, 2.05) is 0 Å². The molecule has 0 spiro atoms. The minimum Gasteiger partial charge on any atom is -0.354 e. The number of rotatable bonds is 1. The van der Waals surface area contributed by atoms with Crippen LogP contribution in [-0.2, 0) is 10.3 Å². The number of fused-ring (bicyclic) bond motifs is 5. The molecule has 0 amide bonds. The Morgan fingerprint density at radius 3 is 2.87 bits per heavy atom. The van der Waals surface area contributed by atoms with Crippen LogP contribution in [0.3, 0.4) is 0 Å². The molecule has 1 aromatic rings. The average Bonchev–Trinajstić information content (AvgIpc) is 2.72. The fourth-order valence-electron chi connectivity index (χ4n) is 3.23. The highest BCUT2D eigenvalue weighted by Gasteiger charge is 2.52. The molecular formula is C14H14O. The summed E-state index contributed by atoms with van der Waals surface area (Å²) in [5.41, 5.74) is 2.79. The zero-order valence-electron chi connectivity index (χ0n) is 8.65. The van der Waals surface area contributed by atoms with Crippen molar-refractivity contribution in [1.82, 2.24) is 0 Å². The van der Waals surface area contributed by atoms with Crippen LogP contribution in [0.15, 0.2) is 36.4 Å². The molecule has 2 heterocycles. The summed E-state index contributed by atoms with van der Waals surface area (Å²) in [4.78, 5) is 0. The second-order valence-electron chi connectivity index (χ2n) is 4.91. The lowest BCUT2D eigenvalue weighted by Crippen LogP contribution is -2.36. The van der Waals surface area contributed by atoms with Gasteiger partial charge in [0.25, 0.3) is 0 Å². The van der Waals surface area contributed by atoms with Crippen LogP contribution in [0.2, 0.25) is 0 Å². The van der Waals surface area contributed by atoms with E-state index in [0.29, 0.717) is 0 Å². The SMILES string of the molecule is C1=CC2(C3CCC3)OC1c1ccccc12. The molecule has 0 aromatic heterocycles. The summed E-state index contributed by atoms with van der Waals surface area (Å²) in [6.07, 6.45) is 8.80. The van der Waals surface area contributed by atoms with Crippen LogP contribution >= 0.6 is 0 Å². The van der Waals surface area contributed by atoms with Crippen molar-refractivity contribution in [3.63, 3.8) is 0 Å². The summed E-state index contributed by atoms with van der Waals surface area (Å²) in [7, 11) is 0. The molecule has 2 unspecified atom stereocenters. The zero-order chi connectivity index (χ0) is 9.88. The highest BCUT2D eigenvalue weighted by molar-refractivity contribution is 5.48. The molecule has 4 rings (SSSR count). The first kappa shape index (κ1) is 8.12. The molecular weight excluding hydrogens is 184 g/mol. The monoisotopic (exact) mass is 198 g/mol. The van der Waals surface area contributed by atoms with Crippen LogP contribution in [0.5, 0.6) is 0 Å². The van der Waals surface area contributed by atoms with Crippen molar-refractivity contribution in [2.75, 3.05) is 0 Å². The Morgan fingerprint density at radius 1 is 1.20 bits per heavy atom. The first-order valence-corrected chi connectivity index (χ1v) is 5.87. The normalized spacial score (nSPS) is 36.7. The third-order valence-corrected chi connectivity index (χ3v) is 4.24. The standard InChI is InChI=1S/C14H14O/c1-2-7-12-11(6-1)13-8-9-14(12,15-13)10-4-3-5-10/h1-2,6-10,13H,3-5H2. The third-order valence-electron chi connectivity index (χ3n) is 4.24. The Hall–Kier alpha value is -1.08. The van der Waals surface area contributed by atoms with Crippen LogP contribution in [-0.4, -0.2) is 0 Å². The summed E-state index contributed by atoms with van der Waals surface area (Å²) in [6.45, 7) is 0. The first-order chi connectivity index (χ1) is 7.40. The fraction of sp³-hybridized carbons (Fsp3) is 0.429. The number of hydrogen-bond donors (Lipinski definition) is 0. The van der Waals surface area contributed by atoms with Crippen molar-refractivity contribution in [3.05, 3.63) is 47.5 Å². The third kappa shape index (κ3) is 0.836. The van der Waals surface area contributed by atoms with E-state index in [0.717, 1.165) is 5.92 Å². The van der Waals surface area contributed by atoms with Crippen LogP contribution < -0.4 is 0 Å². The van der Waals surface area contributed by atoms with E-state index in [1.165, 1.54) is 30.4 Å². The summed E-state index contributed by atoms with van der Waals surface area (Å²) >= 11 is 0. The summed E-state index contributed by atoms with van der Waals surface area (Å²) in [5.74, 6) is 0.724. The lowest BCUT2D eigenvalue weighted by molar-refractivity contribution is -0.0687. The highest BCUT2D eigenvalue weighted by atomic mass is 16.5. The molecule has 2 atom stereocenters. The molecule has 0 saturated heterocycles. The van der Waals surface area contributed by atoms with E-state index in [9.17, 15) is 0 Å². The number of ether oxygens (including phenoxy) is 1. The molecule has 1 nitrogen and oxygen atoms in total. The smallest absolute Gasteiger partial charge is 0.116 e. The van der Waals surface area contributed by atoms with Gasteiger partial charge in [-0.05, 0) is 36.0 Å². The Morgan fingerprint density at radius 2 is 2.07 bits per heavy atom. The van der Waals surface area contributed by atoms with E-state index in [-0.39, 0.29) is 11.7 Å². The minimum absolute atomic E-state index is 0.0422. The molecule has 3 aliphatic rings. The van der Waals surface area contributed by atoms with Crippen molar-refractivity contribution in [2.45, 2.75) is 31.0 Å². The Labute approximate surface area is 89.8 Å².